The molecule has 12 heteroatoms. The quantitative estimate of drug-likeness (QED) is 0.735. The second kappa shape index (κ2) is 6.19. The molecule has 8 nitrogen and oxygen atoms in total. The van der Waals surface area contributed by atoms with Gasteiger partial charge < -0.3 is 4.90 Å². The Morgan fingerprint density at radius 3 is 2.63 bits per heavy atom. The highest BCUT2D eigenvalue weighted by Crippen LogP contribution is 2.36. The van der Waals surface area contributed by atoms with Gasteiger partial charge in [-0.05, 0) is 41.5 Å². The van der Waals surface area contributed by atoms with Gasteiger partial charge in [0.05, 0.1) is 17.8 Å². The summed E-state index contributed by atoms with van der Waals surface area (Å²) < 4.78 is 40.9. The fraction of sp³-hybridized carbons (Fsp3) is 0.400. The molecule has 2 heterocycles. The zero-order chi connectivity index (χ0) is 19.3. The molecule has 0 N–H and O–H groups in total. The van der Waals surface area contributed by atoms with Gasteiger partial charge in [0.15, 0.2) is 5.82 Å². The number of alkyl halides is 3. The third-order valence-electron chi connectivity index (χ3n) is 4.40. The smallest absolute Gasteiger partial charge is 0.312 e. The lowest BCUT2D eigenvalue weighted by molar-refractivity contribution is -0.137. The van der Waals surface area contributed by atoms with E-state index in [-0.39, 0.29) is 35.7 Å². The van der Waals surface area contributed by atoms with E-state index in [1.165, 1.54) is 11.0 Å². The van der Waals surface area contributed by atoms with E-state index in [4.69, 9.17) is 11.6 Å². The molecule has 0 unspecified atom stereocenters. The molecule has 4 rings (SSSR count). The Morgan fingerprint density at radius 1 is 1.22 bits per heavy atom. The minimum absolute atomic E-state index is 0.0419. The normalized spacial score (nSPS) is 17.9. The molecule has 1 aliphatic carbocycles. The summed E-state index contributed by atoms with van der Waals surface area (Å²) >= 11 is 5.69. The first-order valence-electron chi connectivity index (χ1n) is 8.01. The standard InChI is InChI=1S/C15H12ClF3N6O2/c16-8-1-4-11(10(5-8)15(17,18)19)25-12(20-21-22-25)6-24-13(26)7-23(14(24)27)9-2-3-9/h1,4-5,9H,2-3,6-7H2. The molecular formula is C15H12ClF3N6O2. The van der Waals surface area contributed by atoms with Crippen molar-refractivity contribution >= 4 is 23.5 Å². The van der Waals surface area contributed by atoms with Crippen LogP contribution in [0, 0.1) is 0 Å². The summed E-state index contributed by atoms with van der Waals surface area (Å²) in [4.78, 5) is 27.0. The van der Waals surface area contributed by atoms with Crippen LogP contribution in [-0.4, -0.2) is 54.5 Å². The third kappa shape index (κ3) is 3.22. The number of rotatable bonds is 4. The molecule has 1 aliphatic heterocycles. The average molecular weight is 401 g/mol. The number of benzene rings is 1. The summed E-state index contributed by atoms with van der Waals surface area (Å²) in [5.41, 5.74) is -1.37. The van der Waals surface area contributed by atoms with Gasteiger partial charge in [0, 0.05) is 11.1 Å². The van der Waals surface area contributed by atoms with Crippen LogP contribution in [0.25, 0.3) is 5.69 Å². The van der Waals surface area contributed by atoms with E-state index in [0.29, 0.717) is 0 Å². The number of amides is 3. The predicted molar refractivity (Wildman–Crippen MR) is 84.8 cm³/mol. The maximum Gasteiger partial charge on any atom is 0.418 e. The molecule has 1 aromatic heterocycles. The van der Waals surface area contributed by atoms with Gasteiger partial charge in [-0.3, -0.25) is 9.69 Å². The monoisotopic (exact) mass is 400 g/mol. The van der Waals surface area contributed by atoms with Crippen LogP contribution in [0.4, 0.5) is 18.0 Å². The van der Waals surface area contributed by atoms with Gasteiger partial charge in [-0.25, -0.2) is 4.79 Å². The Morgan fingerprint density at radius 2 is 1.96 bits per heavy atom. The number of halogens is 4. The van der Waals surface area contributed by atoms with E-state index in [2.05, 4.69) is 15.5 Å². The molecule has 27 heavy (non-hydrogen) atoms. The molecule has 3 amide bonds. The second-order valence-corrected chi connectivity index (χ2v) is 6.72. The van der Waals surface area contributed by atoms with E-state index < -0.39 is 23.7 Å². The van der Waals surface area contributed by atoms with Crippen molar-refractivity contribution in [2.24, 2.45) is 0 Å². The fourth-order valence-electron chi connectivity index (χ4n) is 2.94. The summed E-state index contributed by atoms with van der Waals surface area (Å²) in [6.45, 7) is -0.367. The fourth-order valence-corrected chi connectivity index (χ4v) is 3.11. The van der Waals surface area contributed by atoms with Crippen molar-refractivity contribution in [2.45, 2.75) is 31.6 Å². The molecule has 142 valence electrons. The van der Waals surface area contributed by atoms with Gasteiger partial charge in [-0.1, -0.05) is 11.6 Å². The van der Waals surface area contributed by atoms with Gasteiger partial charge in [0.1, 0.15) is 6.54 Å². The van der Waals surface area contributed by atoms with Crippen molar-refractivity contribution in [1.82, 2.24) is 30.0 Å². The van der Waals surface area contributed by atoms with E-state index >= 15 is 0 Å². The number of carbonyl (C=O) groups is 2. The maximum atomic E-state index is 13.4. The molecule has 2 aliphatic rings. The van der Waals surface area contributed by atoms with Crippen LogP contribution in [0.5, 0.6) is 0 Å². The Labute approximate surface area is 155 Å². The molecule has 2 fully saturated rings. The highest BCUT2D eigenvalue weighted by atomic mass is 35.5. The molecule has 0 radical (unpaired) electrons. The summed E-state index contributed by atoms with van der Waals surface area (Å²) in [5, 5.41) is 10.6. The highest BCUT2D eigenvalue weighted by molar-refractivity contribution is 6.30. The Kier molecular flexibility index (Phi) is 4.06. The second-order valence-electron chi connectivity index (χ2n) is 6.29. The van der Waals surface area contributed by atoms with E-state index in [1.807, 2.05) is 0 Å². The number of nitrogens with zero attached hydrogens (tertiary/aromatic N) is 6. The lowest BCUT2D eigenvalue weighted by Gasteiger charge is -2.17. The summed E-state index contributed by atoms with van der Waals surface area (Å²) in [6.07, 6.45) is -3.01. The van der Waals surface area contributed by atoms with Crippen LogP contribution in [0.1, 0.15) is 24.2 Å². The lowest BCUT2D eigenvalue weighted by atomic mass is 10.1. The number of aromatic nitrogens is 4. The van der Waals surface area contributed by atoms with E-state index in [9.17, 15) is 22.8 Å². The molecule has 1 saturated heterocycles. The summed E-state index contributed by atoms with van der Waals surface area (Å²) in [7, 11) is 0. The van der Waals surface area contributed by atoms with Gasteiger partial charge in [-0.2, -0.15) is 17.9 Å². The maximum absolute atomic E-state index is 13.4. The van der Waals surface area contributed by atoms with Crippen LogP contribution in [0.15, 0.2) is 18.2 Å². The average Bonchev–Trinajstić information content (AvgIpc) is 3.27. The summed E-state index contributed by atoms with van der Waals surface area (Å²) in [6, 6.07) is 2.75. The van der Waals surface area contributed by atoms with Crippen molar-refractivity contribution in [3.63, 3.8) is 0 Å². The number of carbonyl (C=O) groups excluding carboxylic acids is 2. The molecule has 0 atom stereocenters. The van der Waals surface area contributed by atoms with Crippen molar-refractivity contribution in [3.05, 3.63) is 34.6 Å². The molecule has 2 aromatic rings. The van der Waals surface area contributed by atoms with Crippen molar-refractivity contribution in [3.8, 4) is 5.69 Å². The predicted octanol–water partition coefficient (Wildman–Crippen LogP) is 2.26. The first-order chi connectivity index (χ1) is 12.8. The molecule has 1 aromatic carbocycles. The van der Waals surface area contributed by atoms with E-state index in [0.717, 1.165) is 34.6 Å². The van der Waals surface area contributed by atoms with Gasteiger partial charge in [0.2, 0.25) is 0 Å². The van der Waals surface area contributed by atoms with Crippen LogP contribution >= 0.6 is 11.6 Å². The largest absolute Gasteiger partial charge is 0.418 e. The van der Waals surface area contributed by atoms with Crippen LogP contribution < -0.4 is 0 Å². The first kappa shape index (κ1) is 17.7. The molecule has 1 saturated carbocycles. The first-order valence-corrected chi connectivity index (χ1v) is 8.39. The Bertz CT molecular complexity index is 927. The van der Waals surface area contributed by atoms with Crippen LogP contribution in [0.3, 0.4) is 0 Å². The van der Waals surface area contributed by atoms with Crippen LogP contribution in [-0.2, 0) is 17.5 Å². The van der Waals surface area contributed by atoms with Crippen molar-refractivity contribution in [1.29, 1.82) is 0 Å². The Hall–Kier alpha value is -2.69. The zero-order valence-electron chi connectivity index (χ0n) is 13.6. The highest BCUT2D eigenvalue weighted by Gasteiger charge is 2.44. The number of imide groups is 1. The van der Waals surface area contributed by atoms with Gasteiger partial charge in [-0.15, -0.1) is 5.10 Å². The lowest BCUT2D eigenvalue weighted by Crippen LogP contribution is -2.34. The van der Waals surface area contributed by atoms with E-state index in [1.54, 1.807) is 0 Å². The van der Waals surface area contributed by atoms with Crippen molar-refractivity contribution < 1.29 is 22.8 Å². The molecule has 0 spiro atoms. The topological polar surface area (TPSA) is 84.2 Å². The minimum Gasteiger partial charge on any atom is -0.312 e. The number of urea groups is 1. The Balaban J connectivity index is 1.67. The SMILES string of the molecule is O=C1CN(C2CC2)C(=O)N1Cc1nnnn1-c1ccc(Cl)cc1C(F)(F)F. The van der Waals surface area contributed by atoms with Crippen LogP contribution in [0.2, 0.25) is 5.02 Å². The molecular weight excluding hydrogens is 389 g/mol. The summed E-state index contributed by atoms with van der Waals surface area (Å²) in [5.74, 6) is -0.504. The van der Waals surface area contributed by atoms with Gasteiger partial charge >= 0.3 is 12.2 Å². The minimum atomic E-state index is -4.69. The zero-order valence-corrected chi connectivity index (χ0v) is 14.4. The number of hydrogen-bond donors (Lipinski definition) is 0. The third-order valence-corrected chi connectivity index (χ3v) is 4.63. The van der Waals surface area contributed by atoms with Gasteiger partial charge in [0.25, 0.3) is 5.91 Å². The number of tetrazole rings is 1. The number of hydrogen-bond acceptors (Lipinski definition) is 5. The molecule has 0 bridgehead atoms. The van der Waals surface area contributed by atoms with Crippen molar-refractivity contribution in [2.75, 3.05) is 6.54 Å².